The van der Waals surface area contributed by atoms with E-state index < -0.39 is 0 Å². The highest BCUT2D eigenvalue weighted by Gasteiger charge is 2.18. The predicted octanol–water partition coefficient (Wildman–Crippen LogP) is 6.45. The van der Waals surface area contributed by atoms with Crippen LogP contribution in [0.25, 0.3) is 0 Å². The van der Waals surface area contributed by atoms with Crippen LogP contribution < -0.4 is 0 Å². The molecule has 0 aliphatic heterocycles. The molecule has 1 atom stereocenters. The van der Waals surface area contributed by atoms with Gasteiger partial charge in [0.05, 0.1) is 12.2 Å². The molecule has 1 unspecified atom stereocenters. The highest BCUT2D eigenvalue weighted by Crippen LogP contribution is 2.23. The number of hydrogen-bond acceptors (Lipinski definition) is 4. The van der Waals surface area contributed by atoms with Gasteiger partial charge in [0.2, 0.25) is 0 Å². The first-order valence-electron chi connectivity index (χ1n) is 11.1. The molecule has 0 aliphatic rings. The Bertz CT molecular complexity index is 388. The molecule has 4 heteroatoms. The highest BCUT2D eigenvalue weighted by molar-refractivity contribution is 5.70. The maximum absolute atomic E-state index is 11.9. The van der Waals surface area contributed by atoms with Crippen molar-refractivity contribution in [2.75, 3.05) is 0 Å². The first-order valence-corrected chi connectivity index (χ1v) is 11.1. The van der Waals surface area contributed by atoms with Gasteiger partial charge in [-0.15, -0.1) is 0 Å². The number of ether oxygens (including phenoxy) is 2. The van der Waals surface area contributed by atoms with E-state index in [-0.39, 0.29) is 24.1 Å². The third-order valence-electron chi connectivity index (χ3n) is 4.81. The number of rotatable bonds is 16. The van der Waals surface area contributed by atoms with Gasteiger partial charge in [-0.2, -0.15) is 0 Å². The topological polar surface area (TPSA) is 52.6 Å². The molecule has 0 aromatic heterocycles. The molecule has 0 saturated carbocycles. The Balaban J connectivity index is 3.62. The molecular formula is C23H44O4. The molecule has 0 bridgehead atoms. The van der Waals surface area contributed by atoms with Gasteiger partial charge in [0, 0.05) is 12.8 Å². The Labute approximate surface area is 167 Å². The van der Waals surface area contributed by atoms with Crippen LogP contribution in [0.1, 0.15) is 112 Å². The van der Waals surface area contributed by atoms with Gasteiger partial charge in [-0.1, -0.05) is 58.8 Å². The van der Waals surface area contributed by atoms with Gasteiger partial charge in [0.25, 0.3) is 0 Å². The van der Waals surface area contributed by atoms with Crippen molar-refractivity contribution in [3.05, 3.63) is 0 Å². The fraction of sp³-hybridized carbons (Fsp3) is 0.913. The molecule has 4 nitrogen and oxygen atoms in total. The van der Waals surface area contributed by atoms with Gasteiger partial charge in [0.1, 0.15) is 0 Å². The summed E-state index contributed by atoms with van der Waals surface area (Å²) in [5.74, 6) is 0.830. The highest BCUT2D eigenvalue weighted by atomic mass is 16.5. The molecule has 0 saturated heterocycles. The van der Waals surface area contributed by atoms with Crippen molar-refractivity contribution in [2.24, 2.45) is 11.8 Å². The normalized spacial score (nSPS) is 12.6. The van der Waals surface area contributed by atoms with Gasteiger partial charge in [-0.05, 0) is 52.4 Å². The Morgan fingerprint density at radius 2 is 1.07 bits per heavy atom. The minimum atomic E-state index is -0.0676. The lowest BCUT2D eigenvalue weighted by atomic mass is 9.87. The lowest BCUT2D eigenvalue weighted by Gasteiger charge is -2.20. The molecule has 0 spiro atoms. The summed E-state index contributed by atoms with van der Waals surface area (Å²) in [4.78, 5) is 23.3. The first kappa shape index (κ1) is 25.9. The summed E-state index contributed by atoms with van der Waals surface area (Å²) in [6.45, 7) is 12.0. The van der Waals surface area contributed by atoms with Crippen LogP contribution >= 0.6 is 0 Å². The Kier molecular flexibility index (Phi) is 15.3. The molecule has 27 heavy (non-hydrogen) atoms. The van der Waals surface area contributed by atoms with Crippen LogP contribution in [0, 0.1) is 11.8 Å². The average molecular weight is 385 g/mol. The average Bonchev–Trinajstić information content (AvgIpc) is 2.53. The van der Waals surface area contributed by atoms with Crippen molar-refractivity contribution in [3.63, 3.8) is 0 Å². The van der Waals surface area contributed by atoms with Gasteiger partial charge < -0.3 is 9.47 Å². The van der Waals surface area contributed by atoms with Gasteiger partial charge in [-0.3, -0.25) is 9.59 Å². The lowest BCUT2D eigenvalue weighted by molar-refractivity contribution is -0.149. The number of carbonyl (C=O) groups is 2. The van der Waals surface area contributed by atoms with Crippen LogP contribution in [0.2, 0.25) is 0 Å². The smallest absolute Gasteiger partial charge is 0.306 e. The van der Waals surface area contributed by atoms with Gasteiger partial charge in [-0.25, -0.2) is 0 Å². The molecule has 0 aromatic rings. The molecule has 0 N–H and O–H groups in total. The number of hydrogen-bond donors (Lipinski definition) is 0. The fourth-order valence-corrected chi connectivity index (χ4v) is 3.25. The molecule has 0 amide bonds. The molecular weight excluding hydrogens is 340 g/mol. The van der Waals surface area contributed by atoms with Crippen molar-refractivity contribution >= 4 is 11.9 Å². The van der Waals surface area contributed by atoms with Crippen molar-refractivity contribution in [1.82, 2.24) is 0 Å². The van der Waals surface area contributed by atoms with Crippen LogP contribution in [-0.4, -0.2) is 24.1 Å². The predicted molar refractivity (Wildman–Crippen MR) is 112 cm³/mol. The van der Waals surface area contributed by atoms with Crippen LogP contribution in [0.3, 0.4) is 0 Å². The van der Waals surface area contributed by atoms with E-state index in [9.17, 15) is 9.59 Å². The van der Waals surface area contributed by atoms with E-state index in [1.807, 2.05) is 27.7 Å². The summed E-state index contributed by atoms with van der Waals surface area (Å²) < 4.78 is 10.4. The van der Waals surface area contributed by atoms with Gasteiger partial charge in [0.15, 0.2) is 0 Å². The van der Waals surface area contributed by atoms with Crippen LogP contribution in [0.4, 0.5) is 0 Å². The summed E-state index contributed by atoms with van der Waals surface area (Å²) in [6, 6.07) is 0. The Hall–Kier alpha value is -1.06. The minimum Gasteiger partial charge on any atom is -0.463 e. The van der Waals surface area contributed by atoms with E-state index in [1.54, 1.807) is 0 Å². The maximum atomic E-state index is 11.9. The summed E-state index contributed by atoms with van der Waals surface area (Å²) in [5, 5.41) is 0. The lowest BCUT2D eigenvalue weighted by Crippen LogP contribution is -2.19. The van der Waals surface area contributed by atoms with Crippen LogP contribution in [0.15, 0.2) is 0 Å². The van der Waals surface area contributed by atoms with E-state index in [0.717, 1.165) is 19.3 Å². The second kappa shape index (κ2) is 15.9. The quantitative estimate of drug-likeness (QED) is 0.226. The molecule has 0 radical (unpaired) electrons. The molecule has 0 aliphatic carbocycles. The third kappa shape index (κ3) is 16.8. The zero-order valence-electron chi connectivity index (χ0n) is 18.7. The monoisotopic (exact) mass is 384 g/mol. The summed E-state index contributed by atoms with van der Waals surface area (Å²) in [6.07, 6.45) is 11.6. The van der Waals surface area contributed by atoms with Crippen LogP contribution in [-0.2, 0) is 19.1 Å². The minimum absolute atomic E-state index is 0.00588. The van der Waals surface area contributed by atoms with E-state index in [2.05, 4.69) is 13.8 Å². The zero-order valence-corrected chi connectivity index (χ0v) is 18.7. The van der Waals surface area contributed by atoms with Crippen molar-refractivity contribution in [1.29, 1.82) is 0 Å². The van der Waals surface area contributed by atoms with E-state index in [1.165, 1.54) is 38.5 Å². The molecule has 0 heterocycles. The number of carbonyl (C=O) groups excluding carboxylic acids is 2. The van der Waals surface area contributed by atoms with E-state index in [4.69, 9.17) is 9.47 Å². The molecule has 0 aromatic carbocycles. The van der Waals surface area contributed by atoms with E-state index >= 15 is 0 Å². The second-order valence-electron chi connectivity index (χ2n) is 8.65. The molecule has 160 valence electrons. The summed E-state index contributed by atoms with van der Waals surface area (Å²) in [5.41, 5.74) is 0. The SMILES string of the molecule is CC(C)OC(=O)CCCCCCCCCCC(CC(=O)OC(C)C)C(C)C. The maximum Gasteiger partial charge on any atom is 0.306 e. The number of esters is 2. The summed E-state index contributed by atoms with van der Waals surface area (Å²) in [7, 11) is 0. The Morgan fingerprint density at radius 3 is 1.56 bits per heavy atom. The van der Waals surface area contributed by atoms with Crippen molar-refractivity contribution in [2.45, 2.75) is 124 Å². The van der Waals surface area contributed by atoms with Gasteiger partial charge >= 0.3 is 11.9 Å². The first-order chi connectivity index (χ1) is 12.7. The molecule has 0 fully saturated rings. The third-order valence-corrected chi connectivity index (χ3v) is 4.81. The van der Waals surface area contributed by atoms with Crippen molar-refractivity contribution < 1.29 is 19.1 Å². The largest absolute Gasteiger partial charge is 0.463 e. The van der Waals surface area contributed by atoms with Crippen molar-refractivity contribution in [3.8, 4) is 0 Å². The second-order valence-corrected chi connectivity index (χ2v) is 8.65. The standard InChI is InChI=1S/C23H44O4/c1-18(2)21(17-23(25)27-20(5)6)15-13-11-9-7-8-10-12-14-16-22(24)26-19(3)4/h18-21H,7-17H2,1-6H3. The molecule has 0 rings (SSSR count). The van der Waals surface area contributed by atoms with E-state index in [0.29, 0.717) is 24.7 Å². The fourth-order valence-electron chi connectivity index (χ4n) is 3.25. The van der Waals surface area contributed by atoms with Crippen LogP contribution in [0.5, 0.6) is 0 Å². The Morgan fingerprint density at radius 1 is 0.630 bits per heavy atom. The zero-order chi connectivity index (χ0) is 20.7. The summed E-state index contributed by atoms with van der Waals surface area (Å²) >= 11 is 0. The number of unbranched alkanes of at least 4 members (excludes halogenated alkanes) is 7.